The van der Waals surface area contributed by atoms with Crippen LogP contribution in [0.1, 0.15) is 10.4 Å². The van der Waals surface area contributed by atoms with Crippen LogP contribution >= 0.6 is 34.5 Å². The van der Waals surface area contributed by atoms with E-state index in [1.807, 2.05) is 0 Å². The van der Waals surface area contributed by atoms with E-state index in [4.69, 9.17) is 11.6 Å². The average Bonchev–Trinajstić information content (AvgIpc) is 2.03. The first-order valence-electron chi connectivity index (χ1n) is 3.02. The quantitative estimate of drug-likeness (QED) is 0.627. The summed E-state index contributed by atoms with van der Waals surface area (Å²) in [5.74, 6) is -1.14. The van der Waals surface area contributed by atoms with Crippen LogP contribution in [0.3, 0.4) is 0 Å². The molecule has 0 saturated carbocycles. The second-order valence-electron chi connectivity index (χ2n) is 2.02. The van der Waals surface area contributed by atoms with Crippen molar-refractivity contribution in [1.29, 1.82) is 0 Å². The van der Waals surface area contributed by atoms with Gasteiger partial charge in [-0.05, 0) is 12.1 Å². The largest absolute Gasteiger partial charge is 0.295 e. The van der Waals surface area contributed by atoms with Crippen LogP contribution in [-0.4, -0.2) is 5.91 Å². The first kappa shape index (κ1) is 9.73. The van der Waals surface area contributed by atoms with Gasteiger partial charge in [0.1, 0.15) is 5.82 Å². The highest BCUT2D eigenvalue weighted by atomic mass is 127. The van der Waals surface area contributed by atoms with Crippen LogP contribution in [0.4, 0.5) is 4.39 Å². The van der Waals surface area contributed by atoms with Crippen LogP contribution in [0.5, 0.6) is 0 Å². The summed E-state index contributed by atoms with van der Waals surface area (Å²) in [5, 5.41) is 0.115. The van der Waals surface area contributed by atoms with Gasteiger partial charge in [-0.15, -0.1) is 0 Å². The molecular formula is C7H4ClFINO. The highest BCUT2D eigenvalue weighted by molar-refractivity contribution is 14.1. The molecule has 0 aliphatic rings. The number of nitrogens with one attached hydrogen (secondary N) is 1. The van der Waals surface area contributed by atoms with E-state index >= 15 is 0 Å². The Hall–Kier alpha value is -0.360. The third kappa shape index (κ3) is 1.87. The molecule has 5 heteroatoms. The fraction of sp³-hybridized carbons (Fsp3) is 0. The second kappa shape index (κ2) is 4.04. The van der Waals surface area contributed by atoms with Gasteiger partial charge in [-0.25, -0.2) is 4.39 Å². The SMILES string of the molecule is O=C(NI)c1c(F)cccc1Cl. The Morgan fingerprint density at radius 3 is 2.75 bits per heavy atom. The van der Waals surface area contributed by atoms with Gasteiger partial charge in [0.05, 0.1) is 33.5 Å². The highest BCUT2D eigenvalue weighted by Gasteiger charge is 2.13. The Morgan fingerprint density at radius 2 is 2.25 bits per heavy atom. The molecule has 2 nitrogen and oxygen atoms in total. The average molecular weight is 299 g/mol. The van der Waals surface area contributed by atoms with Crippen molar-refractivity contribution in [3.8, 4) is 0 Å². The van der Waals surface area contributed by atoms with Crippen molar-refractivity contribution < 1.29 is 9.18 Å². The lowest BCUT2D eigenvalue weighted by Gasteiger charge is -2.01. The fourth-order valence-corrected chi connectivity index (χ4v) is 1.28. The van der Waals surface area contributed by atoms with E-state index in [9.17, 15) is 9.18 Å². The van der Waals surface area contributed by atoms with Gasteiger partial charge in [0.15, 0.2) is 0 Å². The minimum absolute atomic E-state index is 0.115. The number of halogens is 3. The lowest BCUT2D eigenvalue weighted by Crippen LogP contribution is -2.14. The van der Waals surface area contributed by atoms with Gasteiger partial charge >= 0.3 is 0 Å². The van der Waals surface area contributed by atoms with Crippen LogP contribution < -0.4 is 3.53 Å². The van der Waals surface area contributed by atoms with Crippen molar-refractivity contribution in [3.05, 3.63) is 34.6 Å². The Labute approximate surface area is 87.6 Å². The topological polar surface area (TPSA) is 29.1 Å². The Kier molecular flexibility index (Phi) is 3.28. The molecule has 0 unspecified atom stereocenters. The normalized spacial score (nSPS) is 9.58. The third-order valence-electron chi connectivity index (χ3n) is 1.28. The number of carbonyl (C=O) groups excluding carboxylic acids is 1. The van der Waals surface area contributed by atoms with Crippen molar-refractivity contribution in [2.24, 2.45) is 0 Å². The standard InChI is InChI=1S/C7H4ClFINO/c8-4-2-1-3-5(9)6(4)7(12)11-10/h1-3H,(H,11,12). The number of hydrogen-bond acceptors (Lipinski definition) is 1. The minimum Gasteiger partial charge on any atom is -0.295 e. The van der Waals surface area contributed by atoms with Crippen LogP contribution in [0.15, 0.2) is 18.2 Å². The molecule has 1 aromatic carbocycles. The van der Waals surface area contributed by atoms with Crippen LogP contribution in [0.2, 0.25) is 5.02 Å². The van der Waals surface area contributed by atoms with Gasteiger partial charge in [-0.1, -0.05) is 17.7 Å². The number of carbonyl (C=O) groups is 1. The summed E-state index contributed by atoms with van der Waals surface area (Å²) in [6.07, 6.45) is 0. The molecule has 0 aromatic heterocycles. The zero-order valence-corrected chi connectivity index (χ0v) is 8.69. The minimum atomic E-state index is -0.614. The maximum Gasteiger partial charge on any atom is 0.264 e. The molecule has 0 atom stereocenters. The Balaban J connectivity index is 3.21. The number of hydrogen-bond donors (Lipinski definition) is 1. The molecule has 0 aliphatic carbocycles. The van der Waals surface area contributed by atoms with Gasteiger partial charge in [0, 0.05) is 0 Å². The molecule has 0 saturated heterocycles. The molecule has 64 valence electrons. The second-order valence-corrected chi connectivity index (χ2v) is 2.97. The molecule has 0 heterocycles. The summed E-state index contributed by atoms with van der Waals surface area (Å²) in [6.45, 7) is 0. The van der Waals surface area contributed by atoms with Gasteiger partial charge in [-0.3, -0.25) is 8.32 Å². The Bertz CT molecular complexity index is 298. The van der Waals surface area contributed by atoms with Crippen LogP contribution in [-0.2, 0) is 0 Å². The molecule has 0 spiro atoms. The summed E-state index contributed by atoms with van der Waals surface area (Å²) in [6, 6.07) is 4.10. The molecule has 1 rings (SSSR count). The van der Waals surface area contributed by atoms with E-state index in [1.54, 1.807) is 22.9 Å². The van der Waals surface area contributed by atoms with E-state index < -0.39 is 11.7 Å². The van der Waals surface area contributed by atoms with Gasteiger partial charge in [0.2, 0.25) is 0 Å². The summed E-state index contributed by atoms with van der Waals surface area (Å²) in [7, 11) is 0. The lowest BCUT2D eigenvalue weighted by molar-refractivity contribution is 0.0986. The predicted octanol–water partition coefficient (Wildman–Crippen LogP) is 2.56. The van der Waals surface area contributed by atoms with E-state index in [1.165, 1.54) is 18.2 Å². The van der Waals surface area contributed by atoms with E-state index in [2.05, 4.69) is 3.53 Å². The highest BCUT2D eigenvalue weighted by Crippen LogP contribution is 2.18. The molecular weight excluding hydrogens is 295 g/mol. The zero-order chi connectivity index (χ0) is 9.14. The summed E-state index contributed by atoms with van der Waals surface area (Å²) < 4.78 is 15.2. The van der Waals surface area contributed by atoms with Crippen molar-refractivity contribution in [3.63, 3.8) is 0 Å². The van der Waals surface area contributed by atoms with Crippen molar-refractivity contribution in [2.75, 3.05) is 0 Å². The monoisotopic (exact) mass is 299 g/mol. The van der Waals surface area contributed by atoms with E-state index in [0.29, 0.717) is 0 Å². The smallest absolute Gasteiger partial charge is 0.264 e. The maximum absolute atomic E-state index is 12.9. The van der Waals surface area contributed by atoms with Gasteiger partial charge < -0.3 is 0 Å². The molecule has 0 fully saturated rings. The van der Waals surface area contributed by atoms with Crippen LogP contribution in [0.25, 0.3) is 0 Å². The summed E-state index contributed by atoms with van der Waals surface area (Å²) in [5.41, 5.74) is -0.117. The third-order valence-corrected chi connectivity index (χ3v) is 2.08. The maximum atomic E-state index is 12.9. The number of rotatable bonds is 1. The molecule has 12 heavy (non-hydrogen) atoms. The number of amides is 1. The molecule has 1 amide bonds. The van der Waals surface area contributed by atoms with Crippen molar-refractivity contribution in [1.82, 2.24) is 3.53 Å². The lowest BCUT2D eigenvalue weighted by atomic mass is 10.2. The predicted molar refractivity (Wildman–Crippen MR) is 52.9 cm³/mol. The molecule has 0 radical (unpaired) electrons. The van der Waals surface area contributed by atoms with Gasteiger partial charge in [0.25, 0.3) is 5.91 Å². The van der Waals surface area contributed by atoms with Gasteiger partial charge in [-0.2, -0.15) is 0 Å². The molecule has 1 N–H and O–H groups in total. The van der Waals surface area contributed by atoms with Crippen molar-refractivity contribution in [2.45, 2.75) is 0 Å². The molecule has 0 bridgehead atoms. The zero-order valence-electron chi connectivity index (χ0n) is 5.77. The van der Waals surface area contributed by atoms with E-state index in [0.717, 1.165) is 0 Å². The first-order chi connectivity index (χ1) is 5.66. The Morgan fingerprint density at radius 1 is 1.58 bits per heavy atom. The van der Waals surface area contributed by atoms with E-state index in [-0.39, 0.29) is 10.6 Å². The summed E-state index contributed by atoms with van der Waals surface area (Å²) >= 11 is 7.22. The number of benzene rings is 1. The van der Waals surface area contributed by atoms with Crippen molar-refractivity contribution >= 4 is 40.4 Å². The molecule has 0 aliphatic heterocycles. The first-order valence-corrected chi connectivity index (χ1v) is 4.47. The fourth-order valence-electron chi connectivity index (χ4n) is 0.762. The van der Waals surface area contributed by atoms with Crippen LogP contribution in [0, 0.1) is 5.82 Å². The summed E-state index contributed by atoms with van der Waals surface area (Å²) in [4.78, 5) is 11.0. The molecule has 1 aromatic rings.